The molecule has 2 aromatic carbocycles. The standard InChI is InChI=1S/C24H23N5O/c30-24(29-15-5-7-17-6-1-4-10-22(17)29)21-11-12-23(28-27-21)25-14-13-18-16-26-20-9-3-2-8-19(18)20/h1-4,6,8-12,16,26H,5,7,13-15H2,(H,25,28). The third-order valence-electron chi connectivity index (χ3n) is 5.61. The van der Waals surface area contributed by atoms with Crippen molar-refractivity contribution in [1.82, 2.24) is 15.2 Å². The molecule has 6 nitrogen and oxygen atoms in total. The molecule has 0 radical (unpaired) electrons. The Morgan fingerprint density at radius 2 is 1.90 bits per heavy atom. The number of nitrogens with one attached hydrogen (secondary N) is 2. The zero-order valence-corrected chi connectivity index (χ0v) is 16.6. The van der Waals surface area contributed by atoms with Gasteiger partial charge in [0.15, 0.2) is 5.69 Å². The number of hydrogen-bond acceptors (Lipinski definition) is 4. The Hall–Kier alpha value is -3.67. The summed E-state index contributed by atoms with van der Waals surface area (Å²) in [5, 5.41) is 12.9. The largest absolute Gasteiger partial charge is 0.368 e. The van der Waals surface area contributed by atoms with Gasteiger partial charge in [0, 0.05) is 35.9 Å². The molecule has 0 atom stereocenters. The van der Waals surface area contributed by atoms with Gasteiger partial charge in [0.05, 0.1) is 0 Å². The summed E-state index contributed by atoms with van der Waals surface area (Å²) < 4.78 is 0. The number of H-pyrrole nitrogens is 1. The number of aryl methyl sites for hydroxylation is 1. The van der Waals surface area contributed by atoms with Gasteiger partial charge in [-0.15, -0.1) is 10.2 Å². The number of carbonyl (C=O) groups excluding carboxylic acids is 1. The number of anilines is 2. The molecular weight excluding hydrogens is 374 g/mol. The lowest BCUT2D eigenvalue weighted by atomic mass is 10.0. The number of carbonyl (C=O) groups is 1. The van der Waals surface area contributed by atoms with Gasteiger partial charge < -0.3 is 15.2 Å². The minimum absolute atomic E-state index is 0.0972. The maximum Gasteiger partial charge on any atom is 0.278 e. The third-order valence-corrected chi connectivity index (χ3v) is 5.61. The lowest BCUT2D eigenvalue weighted by molar-refractivity contribution is 0.0979. The van der Waals surface area contributed by atoms with Gasteiger partial charge in [0.2, 0.25) is 0 Å². The zero-order valence-electron chi connectivity index (χ0n) is 16.6. The number of hydrogen-bond donors (Lipinski definition) is 2. The molecule has 0 spiro atoms. The summed E-state index contributed by atoms with van der Waals surface area (Å²) in [5.41, 5.74) is 4.97. The molecule has 1 amide bonds. The number of aromatic nitrogens is 3. The van der Waals surface area contributed by atoms with Crippen molar-refractivity contribution in [2.45, 2.75) is 19.3 Å². The quantitative estimate of drug-likeness (QED) is 0.529. The fourth-order valence-electron chi connectivity index (χ4n) is 4.09. The minimum Gasteiger partial charge on any atom is -0.368 e. The number of nitrogens with zero attached hydrogens (tertiary/aromatic N) is 3. The van der Waals surface area contributed by atoms with Crippen LogP contribution in [-0.2, 0) is 12.8 Å². The number of amides is 1. The Morgan fingerprint density at radius 1 is 1.03 bits per heavy atom. The molecular formula is C24H23N5O. The molecule has 0 fully saturated rings. The first kappa shape index (κ1) is 18.4. The molecule has 0 unspecified atom stereocenters. The number of fused-ring (bicyclic) bond motifs is 2. The monoisotopic (exact) mass is 397 g/mol. The summed E-state index contributed by atoms with van der Waals surface area (Å²) in [7, 11) is 0. The molecule has 150 valence electrons. The molecule has 2 aromatic heterocycles. The number of para-hydroxylation sites is 2. The van der Waals surface area contributed by atoms with E-state index < -0.39 is 0 Å². The van der Waals surface area contributed by atoms with E-state index >= 15 is 0 Å². The second-order valence-corrected chi connectivity index (χ2v) is 7.53. The van der Waals surface area contributed by atoms with Crippen molar-refractivity contribution in [2.24, 2.45) is 0 Å². The Balaban J connectivity index is 1.23. The molecule has 3 heterocycles. The summed E-state index contributed by atoms with van der Waals surface area (Å²) in [4.78, 5) is 18.1. The summed E-state index contributed by atoms with van der Waals surface area (Å²) in [6.45, 7) is 1.45. The molecule has 1 aliphatic rings. The summed E-state index contributed by atoms with van der Waals surface area (Å²) >= 11 is 0. The van der Waals surface area contributed by atoms with Gasteiger partial charge in [-0.25, -0.2) is 0 Å². The van der Waals surface area contributed by atoms with Crippen molar-refractivity contribution in [2.75, 3.05) is 23.3 Å². The van der Waals surface area contributed by atoms with Crippen LogP contribution in [0, 0.1) is 0 Å². The molecule has 0 aliphatic carbocycles. The van der Waals surface area contributed by atoms with E-state index in [1.54, 1.807) is 6.07 Å². The van der Waals surface area contributed by atoms with Gasteiger partial charge in [-0.3, -0.25) is 4.79 Å². The number of benzene rings is 2. The maximum atomic E-state index is 13.0. The molecule has 30 heavy (non-hydrogen) atoms. The Labute approximate surface area is 174 Å². The van der Waals surface area contributed by atoms with E-state index in [1.165, 1.54) is 16.5 Å². The predicted octanol–water partition coefficient (Wildman–Crippen LogP) is 4.21. The lowest BCUT2D eigenvalue weighted by Crippen LogP contribution is -2.36. The topological polar surface area (TPSA) is 73.9 Å². The van der Waals surface area contributed by atoms with E-state index in [0.29, 0.717) is 18.1 Å². The molecule has 0 bridgehead atoms. The van der Waals surface area contributed by atoms with Gasteiger partial charge in [-0.2, -0.15) is 0 Å². The highest BCUT2D eigenvalue weighted by Gasteiger charge is 2.24. The van der Waals surface area contributed by atoms with Crippen LogP contribution in [-0.4, -0.2) is 34.2 Å². The van der Waals surface area contributed by atoms with Crippen molar-refractivity contribution in [3.8, 4) is 0 Å². The van der Waals surface area contributed by atoms with E-state index in [1.807, 2.05) is 35.2 Å². The van der Waals surface area contributed by atoms with E-state index in [9.17, 15) is 4.79 Å². The van der Waals surface area contributed by atoms with Crippen LogP contribution in [0.5, 0.6) is 0 Å². The average Bonchev–Trinajstić information content (AvgIpc) is 3.22. The Bertz CT molecular complexity index is 1180. The van der Waals surface area contributed by atoms with Gasteiger partial charge in [-0.05, 0) is 54.7 Å². The number of rotatable bonds is 5. The molecule has 4 aromatic rings. The molecule has 0 saturated heterocycles. The van der Waals surface area contributed by atoms with Crippen molar-refractivity contribution in [3.05, 3.63) is 83.7 Å². The van der Waals surface area contributed by atoms with E-state index in [2.05, 4.69) is 51.0 Å². The first-order chi connectivity index (χ1) is 14.8. The summed E-state index contributed by atoms with van der Waals surface area (Å²) in [6, 6.07) is 19.9. The minimum atomic E-state index is -0.0972. The average molecular weight is 397 g/mol. The van der Waals surface area contributed by atoms with Crippen LogP contribution in [0.2, 0.25) is 0 Å². The predicted molar refractivity (Wildman–Crippen MR) is 119 cm³/mol. The highest BCUT2D eigenvalue weighted by atomic mass is 16.2. The van der Waals surface area contributed by atoms with E-state index in [0.717, 1.165) is 37.0 Å². The first-order valence-electron chi connectivity index (χ1n) is 10.3. The van der Waals surface area contributed by atoms with Gasteiger partial charge >= 0.3 is 0 Å². The number of aromatic amines is 1. The lowest BCUT2D eigenvalue weighted by Gasteiger charge is -2.29. The second kappa shape index (κ2) is 7.99. The molecule has 6 heteroatoms. The van der Waals surface area contributed by atoms with Crippen molar-refractivity contribution in [3.63, 3.8) is 0 Å². The normalized spacial score (nSPS) is 13.3. The Kier molecular flexibility index (Phi) is 4.89. The van der Waals surface area contributed by atoms with Crippen LogP contribution in [0.15, 0.2) is 66.9 Å². The maximum absolute atomic E-state index is 13.0. The zero-order chi connectivity index (χ0) is 20.3. The van der Waals surface area contributed by atoms with E-state index in [-0.39, 0.29) is 5.91 Å². The fourth-order valence-corrected chi connectivity index (χ4v) is 4.09. The fraction of sp³-hybridized carbons (Fsp3) is 0.208. The van der Waals surface area contributed by atoms with Crippen LogP contribution >= 0.6 is 0 Å². The molecule has 2 N–H and O–H groups in total. The summed E-state index contributed by atoms with van der Waals surface area (Å²) in [6.07, 6.45) is 4.89. The van der Waals surface area contributed by atoms with Crippen LogP contribution in [0.3, 0.4) is 0 Å². The highest BCUT2D eigenvalue weighted by Crippen LogP contribution is 2.27. The Morgan fingerprint density at radius 3 is 2.80 bits per heavy atom. The van der Waals surface area contributed by atoms with Gasteiger partial charge in [0.25, 0.3) is 5.91 Å². The molecule has 0 saturated carbocycles. The summed E-state index contributed by atoms with van der Waals surface area (Å²) in [5.74, 6) is 0.574. The smallest absolute Gasteiger partial charge is 0.278 e. The highest BCUT2D eigenvalue weighted by molar-refractivity contribution is 6.05. The van der Waals surface area contributed by atoms with Gasteiger partial charge in [-0.1, -0.05) is 36.4 Å². The van der Waals surface area contributed by atoms with Crippen LogP contribution in [0.1, 0.15) is 28.0 Å². The van der Waals surface area contributed by atoms with Crippen molar-refractivity contribution >= 4 is 28.3 Å². The van der Waals surface area contributed by atoms with Crippen LogP contribution < -0.4 is 10.2 Å². The second-order valence-electron chi connectivity index (χ2n) is 7.53. The van der Waals surface area contributed by atoms with Crippen LogP contribution in [0.4, 0.5) is 11.5 Å². The SMILES string of the molecule is O=C(c1ccc(NCCc2c[nH]c3ccccc23)nn1)N1CCCc2ccccc21. The molecule has 1 aliphatic heterocycles. The van der Waals surface area contributed by atoms with Crippen molar-refractivity contribution < 1.29 is 4.79 Å². The molecule has 5 rings (SSSR count). The third kappa shape index (κ3) is 3.52. The first-order valence-corrected chi connectivity index (χ1v) is 10.3. The van der Waals surface area contributed by atoms with Gasteiger partial charge in [0.1, 0.15) is 5.82 Å². The van der Waals surface area contributed by atoms with E-state index in [4.69, 9.17) is 0 Å². The van der Waals surface area contributed by atoms with Crippen LogP contribution in [0.25, 0.3) is 10.9 Å². The van der Waals surface area contributed by atoms with Crippen molar-refractivity contribution in [1.29, 1.82) is 0 Å².